The van der Waals surface area contributed by atoms with Gasteiger partial charge in [0, 0.05) is 37.6 Å². The van der Waals surface area contributed by atoms with Gasteiger partial charge < -0.3 is 68.9 Å². The normalized spacial score (nSPS) is 13.9. The van der Waals surface area contributed by atoms with Crippen LogP contribution in [0.2, 0.25) is 0 Å². The van der Waals surface area contributed by atoms with E-state index in [9.17, 15) is 68.9 Å². The molecule has 0 unspecified atom stereocenters. The van der Waals surface area contributed by atoms with Gasteiger partial charge in [-0.2, -0.15) is 0 Å². The number of aliphatic carboxylic acids is 2. The topological polar surface area (TPSA) is 405 Å². The Morgan fingerprint density at radius 1 is 0.620 bits per heavy atom. The number of anilines is 1. The van der Waals surface area contributed by atoms with Crippen molar-refractivity contribution in [3.8, 4) is 11.5 Å². The maximum atomic E-state index is 14.2. The summed E-state index contributed by atoms with van der Waals surface area (Å²) >= 11 is 0. The van der Waals surface area contributed by atoms with Gasteiger partial charge in [0.1, 0.15) is 36.0 Å². The molecule has 0 saturated carbocycles. The fraction of sp³-hybridized carbons (Fsp3) is 0.319. The van der Waals surface area contributed by atoms with E-state index in [2.05, 4.69) is 31.9 Å². The first-order valence-corrected chi connectivity index (χ1v) is 21.9. The van der Waals surface area contributed by atoms with Gasteiger partial charge in [0.05, 0.1) is 23.5 Å². The molecule has 0 aliphatic carbocycles. The number of para-hydroxylation sites is 1. The number of aromatic hydroxyl groups is 2. The predicted molar refractivity (Wildman–Crippen MR) is 252 cm³/mol. The van der Waals surface area contributed by atoms with Crippen LogP contribution in [0.15, 0.2) is 97.1 Å². The number of hydrogen-bond donors (Lipinski definition) is 13. The number of nitrogens with one attached hydrogen (secondary N) is 6. The van der Waals surface area contributed by atoms with Crippen LogP contribution in [0, 0.1) is 10.1 Å². The molecule has 0 spiro atoms. The summed E-state index contributed by atoms with van der Waals surface area (Å²) in [4.78, 5) is 116. The van der Waals surface area contributed by atoms with E-state index in [1.165, 1.54) is 12.1 Å². The Morgan fingerprint density at radius 3 is 1.70 bits per heavy atom. The molecule has 0 aliphatic heterocycles. The molecule has 71 heavy (non-hydrogen) atoms. The average molecular weight is 986 g/mol. The van der Waals surface area contributed by atoms with Crippen LogP contribution in [-0.4, -0.2) is 120 Å². The molecule has 0 aliphatic rings. The van der Waals surface area contributed by atoms with E-state index in [1.807, 2.05) is 0 Å². The Kier molecular flexibility index (Phi) is 20.3. The first kappa shape index (κ1) is 55.0. The van der Waals surface area contributed by atoms with E-state index in [0.29, 0.717) is 22.4 Å². The maximum absolute atomic E-state index is 14.2. The second kappa shape index (κ2) is 26.2. The summed E-state index contributed by atoms with van der Waals surface area (Å²) in [6, 6.07) is 14.5. The van der Waals surface area contributed by atoms with Crippen molar-refractivity contribution in [2.75, 3.05) is 5.73 Å². The van der Waals surface area contributed by atoms with Gasteiger partial charge in [0.15, 0.2) is 5.75 Å². The zero-order valence-electron chi connectivity index (χ0n) is 38.1. The summed E-state index contributed by atoms with van der Waals surface area (Å²) < 4.78 is 0. The summed E-state index contributed by atoms with van der Waals surface area (Å²) in [7, 11) is 0. The number of carboxylic acids is 2. The third-order valence-electron chi connectivity index (χ3n) is 10.9. The monoisotopic (exact) mass is 985 g/mol. The second-order valence-electron chi connectivity index (χ2n) is 16.4. The van der Waals surface area contributed by atoms with Gasteiger partial charge in [0.25, 0.3) is 0 Å². The highest BCUT2D eigenvalue weighted by molar-refractivity contribution is 5.98. The van der Waals surface area contributed by atoms with Crippen molar-refractivity contribution >= 4 is 58.8 Å². The Morgan fingerprint density at radius 2 is 1.13 bits per heavy atom. The zero-order valence-corrected chi connectivity index (χ0v) is 38.1. The average Bonchev–Trinajstić information content (AvgIpc) is 3.31. The fourth-order valence-corrected chi connectivity index (χ4v) is 7.07. The molecule has 4 aromatic rings. The number of nitrogen functional groups attached to an aromatic ring is 1. The molecule has 24 heteroatoms. The number of hydrogen-bond acceptors (Lipinski definition) is 15. The number of aliphatic hydroxyl groups excluding tert-OH is 1. The van der Waals surface area contributed by atoms with E-state index < -0.39 is 132 Å². The van der Waals surface area contributed by atoms with E-state index in [0.717, 1.165) is 25.1 Å². The number of nitrogens with two attached hydrogens (primary N) is 2. The number of carbonyl (C=O) groups excluding carboxylic acids is 6. The Labute approximate surface area is 405 Å². The molecule has 7 atom stereocenters. The SMILES string of the molecule is C[C@@H](O)[C@H](NC(=O)[C@H](Cc1ccccc1)NC(=O)[C@H](Cc1ccc(O)cc1)NCc1ccccc1N)C(=O)N[C@@H](CC(=O)O)C(=O)N[C@@H](Cc1ccc(O)c([N+](=O)[O-])c1)C(=O)N[C@@H](CCC(=O)O)C(N)=O. The number of carbonyl (C=O) groups is 8. The number of rotatable bonds is 27. The number of aliphatic hydroxyl groups is 1. The van der Waals surface area contributed by atoms with E-state index >= 15 is 0 Å². The van der Waals surface area contributed by atoms with Gasteiger partial charge in [-0.05, 0) is 66.3 Å². The molecule has 4 aromatic carbocycles. The van der Waals surface area contributed by atoms with Gasteiger partial charge >= 0.3 is 17.6 Å². The van der Waals surface area contributed by atoms with Crippen LogP contribution in [0.4, 0.5) is 11.4 Å². The van der Waals surface area contributed by atoms with Crippen molar-refractivity contribution in [2.24, 2.45) is 5.73 Å². The van der Waals surface area contributed by atoms with Gasteiger partial charge in [-0.15, -0.1) is 0 Å². The van der Waals surface area contributed by atoms with Crippen LogP contribution in [0.1, 0.15) is 48.4 Å². The van der Waals surface area contributed by atoms with E-state index in [1.54, 1.807) is 66.7 Å². The molecule has 0 aromatic heterocycles. The summed E-state index contributed by atoms with van der Waals surface area (Å²) in [6.45, 7) is 1.23. The predicted octanol–water partition coefficient (Wildman–Crippen LogP) is -0.596. The molecule has 6 amide bonds. The molecule has 378 valence electrons. The largest absolute Gasteiger partial charge is 0.508 e. The minimum absolute atomic E-state index is 0.00951. The fourth-order valence-electron chi connectivity index (χ4n) is 7.07. The molecular weight excluding hydrogens is 931 g/mol. The summed E-state index contributed by atoms with van der Waals surface area (Å²) in [6.07, 6.45) is -4.72. The van der Waals surface area contributed by atoms with Gasteiger partial charge in [-0.25, -0.2) is 0 Å². The lowest BCUT2D eigenvalue weighted by molar-refractivity contribution is -0.385. The number of nitro groups is 1. The first-order valence-electron chi connectivity index (χ1n) is 21.9. The molecule has 24 nitrogen and oxygen atoms in total. The summed E-state index contributed by atoms with van der Waals surface area (Å²) in [5, 5.41) is 76.0. The smallest absolute Gasteiger partial charge is 0.310 e. The van der Waals surface area contributed by atoms with Gasteiger partial charge in [-0.1, -0.05) is 66.7 Å². The highest BCUT2D eigenvalue weighted by atomic mass is 16.6. The van der Waals surface area contributed by atoms with Crippen molar-refractivity contribution < 1.29 is 68.8 Å². The number of primary amides is 1. The van der Waals surface area contributed by atoms with E-state index in [4.69, 9.17) is 16.6 Å². The number of amides is 6. The first-order chi connectivity index (χ1) is 33.6. The number of phenols is 2. The van der Waals surface area contributed by atoms with Crippen LogP contribution >= 0.6 is 0 Å². The molecule has 0 radical (unpaired) electrons. The molecule has 4 rings (SSSR count). The van der Waals surface area contributed by atoms with Crippen molar-refractivity contribution in [3.05, 3.63) is 129 Å². The summed E-state index contributed by atoms with van der Waals surface area (Å²) in [5.74, 6) is -10.5. The highest BCUT2D eigenvalue weighted by Gasteiger charge is 2.36. The van der Waals surface area contributed by atoms with Crippen molar-refractivity contribution in [3.63, 3.8) is 0 Å². The second-order valence-corrected chi connectivity index (χ2v) is 16.4. The Hall–Kier alpha value is -8.64. The molecule has 0 fully saturated rings. The lowest BCUT2D eigenvalue weighted by Gasteiger charge is -2.28. The van der Waals surface area contributed by atoms with Gasteiger partial charge in [0.2, 0.25) is 35.4 Å². The van der Waals surface area contributed by atoms with Crippen LogP contribution in [0.5, 0.6) is 11.5 Å². The molecule has 0 saturated heterocycles. The molecule has 0 heterocycles. The lowest BCUT2D eigenvalue weighted by Crippen LogP contribution is -2.62. The van der Waals surface area contributed by atoms with Gasteiger partial charge in [-0.3, -0.25) is 48.5 Å². The maximum Gasteiger partial charge on any atom is 0.310 e. The van der Waals surface area contributed by atoms with Crippen molar-refractivity contribution in [1.29, 1.82) is 0 Å². The van der Waals surface area contributed by atoms with Crippen LogP contribution in [0.25, 0.3) is 0 Å². The Balaban J connectivity index is 1.61. The number of nitro benzene ring substituents is 1. The molecular formula is C47H55N9O15. The molecule has 15 N–H and O–H groups in total. The lowest BCUT2D eigenvalue weighted by atomic mass is 10.0. The Bertz CT molecular complexity index is 2560. The number of phenolic OH excluding ortho intramolecular Hbond substituents is 2. The minimum Gasteiger partial charge on any atom is -0.508 e. The zero-order chi connectivity index (χ0) is 52.4. The number of benzene rings is 4. The van der Waals surface area contributed by atoms with Crippen LogP contribution < -0.4 is 43.4 Å². The number of carboxylic acid groups (broad SMARTS) is 2. The third-order valence-corrected chi connectivity index (χ3v) is 10.9. The number of nitrogens with zero attached hydrogens (tertiary/aromatic N) is 1. The molecule has 0 bridgehead atoms. The third kappa shape index (κ3) is 17.4. The standard InChI is InChI=1S/C47H55N9O15/c1-25(57)41(55-46(68)34(20-26-7-3-2-4-8-26)52-43(65)33(19-27-11-14-30(58)15-12-27)50-24-29-9-5-6-10-31(29)48)47(69)54-36(23-40(62)63)45(67)53-35(21-28-13-17-38(59)37(22-28)56(70)71)44(66)51-32(42(49)64)16-18-39(60)61/h2-15,17,22,25,32-36,41,50,57-59H,16,18-21,23-24,48H2,1H3,(H2,49,64)(H,51,66)(H,52,65)(H,53,67)(H,54,69)(H,55,68)(H,60,61)(H,62,63)/t25-,32+,33+,34+,35+,36+,41+/m1/s1. The highest BCUT2D eigenvalue weighted by Crippen LogP contribution is 2.27. The van der Waals surface area contributed by atoms with Crippen LogP contribution in [-0.2, 0) is 64.2 Å². The van der Waals surface area contributed by atoms with Crippen molar-refractivity contribution in [2.45, 2.75) is 94.3 Å². The van der Waals surface area contributed by atoms with E-state index in [-0.39, 0.29) is 30.7 Å². The quantitative estimate of drug-likeness (QED) is 0.0202. The summed E-state index contributed by atoms with van der Waals surface area (Å²) in [5.41, 5.74) is 13.0. The minimum atomic E-state index is -2.06. The van der Waals surface area contributed by atoms with Crippen LogP contribution in [0.3, 0.4) is 0 Å². The van der Waals surface area contributed by atoms with Crippen molar-refractivity contribution in [1.82, 2.24) is 31.9 Å².